The molecule has 0 saturated heterocycles. The Morgan fingerprint density at radius 3 is 2.62 bits per heavy atom. The molecule has 2 N–H and O–H groups in total. The van der Waals surface area contributed by atoms with Crippen molar-refractivity contribution in [2.45, 2.75) is 6.54 Å². The quantitative estimate of drug-likeness (QED) is 0.548. The van der Waals surface area contributed by atoms with Crippen molar-refractivity contribution < 1.29 is 14.0 Å². The van der Waals surface area contributed by atoms with E-state index in [-0.39, 0.29) is 18.1 Å². The van der Waals surface area contributed by atoms with Crippen LogP contribution in [0.4, 0.5) is 5.69 Å². The maximum absolute atomic E-state index is 12.8. The van der Waals surface area contributed by atoms with E-state index in [9.17, 15) is 9.59 Å². The summed E-state index contributed by atoms with van der Waals surface area (Å²) in [6.45, 7) is 0.213. The third-order valence-corrected chi connectivity index (χ3v) is 4.24. The summed E-state index contributed by atoms with van der Waals surface area (Å²) in [7, 11) is 0. The molecule has 29 heavy (non-hydrogen) atoms. The van der Waals surface area contributed by atoms with Gasteiger partial charge in [0.15, 0.2) is 5.69 Å². The maximum Gasteiger partial charge on any atom is 0.292 e. The Kier molecular flexibility index (Phi) is 4.78. The first-order valence-corrected chi connectivity index (χ1v) is 8.75. The van der Waals surface area contributed by atoms with Gasteiger partial charge in [0.25, 0.3) is 11.8 Å². The Balaban J connectivity index is 1.60. The Labute approximate surface area is 165 Å². The van der Waals surface area contributed by atoms with Crippen LogP contribution in [-0.4, -0.2) is 21.2 Å². The number of nitriles is 1. The topological polar surface area (TPSA) is 112 Å². The Hall–Kier alpha value is -4.38. The van der Waals surface area contributed by atoms with Crippen molar-refractivity contribution in [1.82, 2.24) is 14.7 Å². The summed E-state index contributed by atoms with van der Waals surface area (Å²) in [5.74, 6) is -0.197. The van der Waals surface area contributed by atoms with Crippen molar-refractivity contribution in [1.29, 1.82) is 5.26 Å². The summed E-state index contributed by atoms with van der Waals surface area (Å²) in [5, 5.41) is 14.3. The predicted octanol–water partition coefficient (Wildman–Crippen LogP) is 2.98. The zero-order valence-corrected chi connectivity index (χ0v) is 15.1. The number of hydrogen-bond acceptors (Lipinski definition) is 5. The number of aromatic nitrogens is 2. The average molecular weight is 385 g/mol. The van der Waals surface area contributed by atoms with Crippen LogP contribution in [0.3, 0.4) is 0 Å². The lowest BCUT2D eigenvalue weighted by Gasteiger charge is -2.04. The van der Waals surface area contributed by atoms with Crippen molar-refractivity contribution in [3.05, 3.63) is 89.9 Å². The molecular weight excluding hydrogens is 370 g/mol. The van der Waals surface area contributed by atoms with E-state index in [1.807, 2.05) is 6.07 Å². The number of fused-ring (bicyclic) bond motifs is 1. The highest BCUT2D eigenvalue weighted by atomic mass is 16.3. The van der Waals surface area contributed by atoms with Crippen LogP contribution in [0.25, 0.3) is 5.52 Å². The van der Waals surface area contributed by atoms with Crippen molar-refractivity contribution >= 4 is 23.0 Å². The van der Waals surface area contributed by atoms with Crippen molar-refractivity contribution in [3.8, 4) is 6.07 Å². The van der Waals surface area contributed by atoms with Crippen molar-refractivity contribution in [2.75, 3.05) is 5.32 Å². The normalized spacial score (nSPS) is 10.4. The zero-order chi connectivity index (χ0) is 20.2. The minimum atomic E-state index is -0.471. The predicted molar refractivity (Wildman–Crippen MR) is 104 cm³/mol. The largest absolute Gasteiger partial charge is 0.467 e. The molecule has 0 radical (unpaired) electrons. The van der Waals surface area contributed by atoms with Gasteiger partial charge >= 0.3 is 0 Å². The Bertz CT molecular complexity index is 1220. The molecule has 2 amide bonds. The molecule has 8 heteroatoms. The summed E-state index contributed by atoms with van der Waals surface area (Å²) in [6, 6.07) is 17.2. The zero-order valence-electron chi connectivity index (χ0n) is 15.1. The SMILES string of the molecule is N#Cc1ccc(NC(=O)c2nc(C(=O)NCc3ccco3)c3ccccn23)cc1. The van der Waals surface area contributed by atoms with E-state index in [1.54, 1.807) is 65.2 Å². The van der Waals surface area contributed by atoms with Crippen LogP contribution in [-0.2, 0) is 6.54 Å². The van der Waals surface area contributed by atoms with Gasteiger partial charge in [-0.2, -0.15) is 5.26 Å². The van der Waals surface area contributed by atoms with Crippen molar-refractivity contribution in [2.24, 2.45) is 0 Å². The molecule has 4 rings (SSSR count). The van der Waals surface area contributed by atoms with Gasteiger partial charge in [0.2, 0.25) is 5.82 Å². The number of amides is 2. The van der Waals surface area contributed by atoms with E-state index >= 15 is 0 Å². The number of benzene rings is 1. The fourth-order valence-corrected chi connectivity index (χ4v) is 2.84. The first kappa shape index (κ1) is 18.0. The van der Waals surface area contributed by atoms with Crippen LogP contribution in [0.5, 0.6) is 0 Å². The molecule has 0 aliphatic carbocycles. The summed E-state index contributed by atoms with van der Waals surface area (Å²) < 4.78 is 6.77. The summed E-state index contributed by atoms with van der Waals surface area (Å²) in [6.07, 6.45) is 3.19. The number of hydrogen-bond donors (Lipinski definition) is 2. The van der Waals surface area contributed by atoms with Gasteiger partial charge in [-0.25, -0.2) is 4.98 Å². The number of nitrogens with one attached hydrogen (secondary N) is 2. The molecule has 3 aromatic heterocycles. The van der Waals surface area contributed by atoms with E-state index in [0.717, 1.165) is 0 Å². The highest BCUT2D eigenvalue weighted by Crippen LogP contribution is 2.16. The van der Waals surface area contributed by atoms with E-state index in [2.05, 4.69) is 15.6 Å². The number of nitrogens with zero attached hydrogens (tertiary/aromatic N) is 3. The van der Waals surface area contributed by atoms with Gasteiger partial charge in [-0.05, 0) is 48.5 Å². The number of furan rings is 1. The lowest BCUT2D eigenvalue weighted by molar-refractivity contribution is 0.0945. The monoisotopic (exact) mass is 385 g/mol. The third kappa shape index (κ3) is 3.70. The fraction of sp³-hybridized carbons (Fsp3) is 0.0476. The number of pyridine rings is 1. The number of carbonyl (C=O) groups excluding carboxylic acids is 2. The van der Waals surface area contributed by atoms with E-state index in [0.29, 0.717) is 22.5 Å². The Morgan fingerprint density at radius 2 is 1.90 bits per heavy atom. The van der Waals surface area contributed by atoms with Gasteiger partial charge in [-0.15, -0.1) is 0 Å². The molecule has 0 bridgehead atoms. The Morgan fingerprint density at radius 1 is 1.07 bits per heavy atom. The highest BCUT2D eigenvalue weighted by Gasteiger charge is 2.21. The molecule has 8 nitrogen and oxygen atoms in total. The maximum atomic E-state index is 12.8. The summed E-state index contributed by atoms with van der Waals surface area (Å²) >= 11 is 0. The minimum absolute atomic E-state index is 0.0770. The summed E-state index contributed by atoms with van der Waals surface area (Å²) in [4.78, 5) is 29.7. The van der Waals surface area contributed by atoms with Crippen LogP contribution in [0.2, 0.25) is 0 Å². The number of imidazole rings is 1. The van der Waals surface area contributed by atoms with Gasteiger partial charge < -0.3 is 15.1 Å². The van der Waals surface area contributed by atoms with Crippen LogP contribution in [0.15, 0.2) is 71.5 Å². The average Bonchev–Trinajstić information content (AvgIpc) is 3.40. The molecule has 0 aliphatic rings. The first-order chi connectivity index (χ1) is 14.2. The lowest BCUT2D eigenvalue weighted by Crippen LogP contribution is -2.23. The standard InChI is InChI=1S/C21H15N5O3/c22-12-14-6-8-15(9-7-14)24-21(28)19-25-18(17-5-1-2-10-26(17)19)20(27)23-13-16-4-3-11-29-16/h1-11H,13H2,(H,23,27)(H,24,28). The van der Waals surface area contributed by atoms with E-state index in [4.69, 9.17) is 9.68 Å². The van der Waals surface area contributed by atoms with Gasteiger partial charge in [-0.1, -0.05) is 6.07 Å². The lowest BCUT2D eigenvalue weighted by atomic mass is 10.2. The van der Waals surface area contributed by atoms with Crippen molar-refractivity contribution in [3.63, 3.8) is 0 Å². The van der Waals surface area contributed by atoms with E-state index < -0.39 is 11.8 Å². The number of rotatable bonds is 5. The molecule has 0 unspecified atom stereocenters. The third-order valence-electron chi connectivity index (χ3n) is 4.24. The van der Waals surface area contributed by atoms with Gasteiger partial charge in [0.1, 0.15) is 5.76 Å². The van der Waals surface area contributed by atoms with Crippen LogP contribution in [0.1, 0.15) is 32.4 Å². The fourth-order valence-electron chi connectivity index (χ4n) is 2.84. The second-order valence-corrected chi connectivity index (χ2v) is 6.15. The van der Waals surface area contributed by atoms with Gasteiger partial charge in [0, 0.05) is 11.9 Å². The first-order valence-electron chi connectivity index (χ1n) is 8.75. The van der Waals surface area contributed by atoms with Gasteiger partial charge in [0.05, 0.1) is 30.0 Å². The number of carbonyl (C=O) groups is 2. The molecule has 0 atom stereocenters. The molecule has 0 saturated carbocycles. The second-order valence-electron chi connectivity index (χ2n) is 6.15. The number of anilines is 1. The van der Waals surface area contributed by atoms with Crippen LogP contribution < -0.4 is 10.6 Å². The molecule has 0 spiro atoms. The van der Waals surface area contributed by atoms with Gasteiger partial charge in [-0.3, -0.25) is 14.0 Å². The molecule has 0 fully saturated rings. The minimum Gasteiger partial charge on any atom is -0.467 e. The molecular formula is C21H15N5O3. The molecule has 142 valence electrons. The molecule has 0 aliphatic heterocycles. The molecule has 1 aromatic carbocycles. The van der Waals surface area contributed by atoms with Crippen LogP contribution >= 0.6 is 0 Å². The molecule has 3 heterocycles. The highest BCUT2D eigenvalue weighted by molar-refractivity contribution is 6.06. The second kappa shape index (κ2) is 7.70. The van der Waals surface area contributed by atoms with Crippen LogP contribution in [0, 0.1) is 11.3 Å². The smallest absolute Gasteiger partial charge is 0.292 e. The van der Waals surface area contributed by atoms with E-state index in [1.165, 1.54) is 6.26 Å². The molecule has 4 aromatic rings. The summed E-state index contributed by atoms with van der Waals surface area (Å²) in [5.41, 5.74) is 1.66.